The standard InChI is InChI=1S/C47H59N9O2S.HI/c1-31-33-13-11-22-55(41(33)53-52-40(31)51-43-49-36-14-7-8-15-37(36)59-43)38-17-16-34(39(50-38)42(57)58)35-23-48-56(32(35)2)30-47-27-44(3)24-45(4,28-47)26-46(25-44,29-47)18-12-21-54-19-9-5-6-10-20-54;/h7-8,14-17,23H,5-6,9-13,18-22,24-30H2,1-4H3,(H,57,58)(H,49,51,52);1H. The van der Waals surface area contributed by atoms with Gasteiger partial charge in [0.25, 0.3) is 0 Å². The largest absolute Gasteiger partial charge is 1.00 e. The number of likely N-dealkylation sites (tertiary alicyclic amines) is 1. The number of quaternary nitrogens is 1. The van der Waals surface area contributed by atoms with Crippen molar-refractivity contribution < 1.29 is 38.8 Å². The van der Waals surface area contributed by atoms with Crippen LogP contribution in [0.4, 0.5) is 22.6 Å². The van der Waals surface area contributed by atoms with Gasteiger partial charge in [0.1, 0.15) is 5.82 Å². The monoisotopic (exact) mass is 941 g/mol. The van der Waals surface area contributed by atoms with Gasteiger partial charge in [0.15, 0.2) is 22.5 Å². The third kappa shape index (κ3) is 7.73. The van der Waals surface area contributed by atoms with E-state index >= 15 is 0 Å². The fourth-order valence-corrected chi connectivity index (χ4v) is 14.8. The minimum absolute atomic E-state index is 0. The van der Waals surface area contributed by atoms with Crippen LogP contribution < -0.4 is 39.1 Å². The Kier molecular flexibility index (Phi) is 11.0. The van der Waals surface area contributed by atoms with E-state index < -0.39 is 5.97 Å². The molecule has 6 heterocycles. The van der Waals surface area contributed by atoms with Gasteiger partial charge >= 0.3 is 5.97 Å². The lowest BCUT2D eigenvalue weighted by molar-refractivity contribution is -0.899. The number of nitrogens with one attached hydrogen (secondary N) is 2. The molecule has 4 aromatic heterocycles. The van der Waals surface area contributed by atoms with Crippen LogP contribution in [-0.4, -0.2) is 67.2 Å². The van der Waals surface area contributed by atoms with Crippen LogP contribution in [0.15, 0.2) is 42.6 Å². The molecule has 0 spiro atoms. The molecule has 13 heteroatoms. The second kappa shape index (κ2) is 15.9. The Bertz CT molecular complexity index is 2370. The van der Waals surface area contributed by atoms with E-state index in [-0.39, 0.29) is 35.1 Å². The van der Waals surface area contributed by atoms with E-state index in [1.807, 2.05) is 46.3 Å². The molecule has 1 aromatic carbocycles. The minimum Gasteiger partial charge on any atom is -1.00 e. The van der Waals surface area contributed by atoms with Crippen molar-refractivity contribution in [3.8, 4) is 11.1 Å². The third-order valence-corrected chi connectivity index (χ3v) is 16.0. The molecule has 2 unspecified atom stereocenters. The molecular weight excluding hydrogens is 882 g/mol. The zero-order chi connectivity index (χ0) is 40.6. The summed E-state index contributed by atoms with van der Waals surface area (Å²) in [4.78, 5) is 26.4. The molecule has 318 valence electrons. The number of halogens is 1. The lowest BCUT2D eigenvalue weighted by Gasteiger charge is -2.70. The molecule has 11 rings (SSSR count). The first-order chi connectivity index (χ1) is 28.4. The molecule has 11 nitrogen and oxygen atoms in total. The lowest BCUT2D eigenvalue weighted by Crippen LogP contribution is -3.11. The molecule has 5 fully saturated rings. The highest BCUT2D eigenvalue weighted by atomic mass is 127. The maximum absolute atomic E-state index is 13.0. The summed E-state index contributed by atoms with van der Waals surface area (Å²) in [6.07, 6.45) is 19.9. The van der Waals surface area contributed by atoms with Crippen LogP contribution in [0.1, 0.15) is 125 Å². The summed E-state index contributed by atoms with van der Waals surface area (Å²) in [6.45, 7) is 15.0. The number of hydrogen-bond donors (Lipinski definition) is 3. The molecule has 2 atom stereocenters. The molecule has 5 aromatic rings. The SMILES string of the molecule is Cc1c(Nc2nc3ccccc3s2)nnc2c1CCCN2c1ccc(-c2cnn(CC34CC5(C)CC(C)(CC(CCC[NH+]6CCCCCC6)(C5)C3)C4)c2C)c(C(=O)O)n1.[I-]. The third-order valence-electron chi connectivity index (χ3n) is 15.0. The highest BCUT2D eigenvalue weighted by molar-refractivity contribution is 7.22. The van der Waals surface area contributed by atoms with Crippen molar-refractivity contribution in [3.05, 3.63) is 65.1 Å². The quantitative estimate of drug-likeness (QED) is 0.135. The van der Waals surface area contributed by atoms with Crippen molar-refractivity contribution in [3.63, 3.8) is 0 Å². The molecule has 6 aliphatic rings. The second-order valence-corrected chi connectivity index (χ2v) is 21.2. The average Bonchev–Trinajstić information content (AvgIpc) is 3.65. The topological polar surface area (TPSA) is 126 Å². The number of carbonyl (C=O) groups is 1. The Hall–Kier alpha value is -3.69. The van der Waals surface area contributed by atoms with Gasteiger partial charge in [-0.25, -0.2) is 14.8 Å². The molecular formula is C47H60IN9O2S. The predicted molar refractivity (Wildman–Crippen MR) is 234 cm³/mol. The van der Waals surface area contributed by atoms with Gasteiger partial charge in [-0.3, -0.25) is 4.68 Å². The van der Waals surface area contributed by atoms with Crippen molar-refractivity contribution in [2.75, 3.05) is 36.4 Å². The van der Waals surface area contributed by atoms with E-state index in [1.54, 1.807) is 11.3 Å². The molecule has 0 amide bonds. The molecule has 4 saturated carbocycles. The first-order valence-electron chi connectivity index (χ1n) is 22.3. The van der Waals surface area contributed by atoms with E-state index in [0.29, 0.717) is 40.0 Å². The van der Waals surface area contributed by atoms with Crippen LogP contribution in [0.3, 0.4) is 0 Å². The first kappa shape index (κ1) is 41.7. The van der Waals surface area contributed by atoms with E-state index in [1.165, 1.54) is 96.7 Å². The molecule has 4 aliphatic carbocycles. The van der Waals surface area contributed by atoms with Crippen molar-refractivity contribution in [1.82, 2.24) is 29.9 Å². The van der Waals surface area contributed by atoms with Crippen LogP contribution in [0.5, 0.6) is 0 Å². The number of pyridine rings is 1. The van der Waals surface area contributed by atoms with Gasteiger partial charge in [0.2, 0.25) is 0 Å². The molecule has 4 bridgehead atoms. The maximum atomic E-state index is 13.0. The molecule has 1 saturated heterocycles. The lowest BCUT2D eigenvalue weighted by atomic mass is 9.35. The van der Waals surface area contributed by atoms with Gasteiger partial charge in [-0.1, -0.05) is 37.3 Å². The van der Waals surface area contributed by atoms with Gasteiger partial charge in [-0.15, -0.1) is 10.2 Å². The molecule has 60 heavy (non-hydrogen) atoms. The average molecular weight is 942 g/mol. The van der Waals surface area contributed by atoms with Crippen molar-refractivity contribution in [2.45, 2.75) is 124 Å². The van der Waals surface area contributed by atoms with Crippen LogP contribution in [-0.2, 0) is 13.0 Å². The van der Waals surface area contributed by atoms with Gasteiger partial charge in [-0.05, 0) is 150 Å². The van der Waals surface area contributed by atoms with E-state index in [4.69, 9.17) is 20.2 Å². The molecule has 0 radical (unpaired) electrons. The van der Waals surface area contributed by atoms with Crippen LogP contribution >= 0.6 is 11.3 Å². The number of hydrogen-bond acceptors (Lipinski definition) is 9. The van der Waals surface area contributed by atoms with Crippen LogP contribution in [0.25, 0.3) is 21.3 Å². The van der Waals surface area contributed by atoms with E-state index in [2.05, 4.69) is 48.9 Å². The number of fused-ring (bicyclic) bond motifs is 2. The summed E-state index contributed by atoms with van der Waals surface area (Å²) in [6, 6.07) is 11.9. The van der Waals surface area contributed by atoms with Crippen molar-refractivity contribution in [1.29, 1.82) is 0 Å². The summed E-state index contributed by atoms with van der Waals surface area (Å²) >= 11 is 1.59. The minimum atomic E-state index is -1.05. The summed E-state index contributed by atoms with van der Waals surface area (Å²) in [7, 11) is 0. The number of benzene rings is 1. The fraction of sp³-hybridized carbons (Fsp3) is 0.574. The Morgan fingerprint density at radius 3 is 2.38 bits per heavy atom. The summed E-state index contributed by atoms with van der Waals surface area (Å²) < 4.78 is 3.32. The zero-order valence-electron chi connectivity index (χ0n) is 35.7. The number of anilines is 4. The van der Waals surface area contributed by atoms with Gasteiger partial charge in [-0.2, -0.15) is 5.10 Å². The molecule has 2 aliphatic heterocycles. The normalized spacial score (nSPS) is 27.4. The zero-order valence-corrected chi connectivity index (χ0v) is 38.7. The van der Waals surface area contributed by atoms with Crippen LogP contribution in [0.2, 0.25) is 0 Å². The fourth-order valence-electron chi connectivity index (χ4n) is 13.9. The van der Waals surface area contributed by atoms with Crippen molar-refractivity contribution in [2.24, 2.45) is 21.7 Å². The number of para-hydroxylation sites is 1. The highest BCUT2D eigenvalue weighted by Crippen LogP contribution is 2.75. The Balaban J connectivity index is 0.00000462. The van der Waals surface area contributed by atoms with E-state index in [9.17, 15) is 9.90 Å². The van der Waals surface area contributed by atoms with Gasteiger partial charge in [0.05, 0.1) is 36.0 Å². The number of nitrogens with zero attached hydrogens (tertiary/aromatic N) is 7. The van der Waals surface area contributed by atoms with Crippen LogP contribution in [0, 0.1) is 35.5 Å². The first-order valence-corrected chi connectivity index (χ1v) is 23.1. The van der Waals surface area contributed by atoms with Gasteiger partial charge < -0.3 is 44.2 Å². The number of thiazole rings is 1. The summed E-state index contributed by atoms with van der Waals surface area (Å²) in [5.41, 5.74) is 6.95. The Morgan fingerprint density at radius 2 is 1.63 bits per heavy atom. The smallest absolute Gasteiger partial charge is 0.355 e. The number of rotatable bonds is 11. The van der Waals surface area contributed by atoms with E-state index in [0.717, 1.165) is 62.9 Å². The summed E-state index contributed by atoms with van der Waals surface area (Å²) in [5, 5.41) is 29.1. The van der Waals surface area contributed by atoms with Crippen molar-refractivity contribution >= 4 is 50.1 Å². The second-order valence-electron chi connectivity index (χ2n) is 20.2. The summed E-state index contributed by atoms with van der Waals surface area (Å²) in [5.74, 6) is 0.927. The number of carboxylic acid groups (broad SMARTS) is 1. The molecule has 3 N–H and O–H groups in total. The van der Waals surface area contributed by atoms with Gasteiger partial charge in [0, 0.05) is 41.0 Å². The maximum Gasteiger partial charge on any atom is 0.355 e. The highest BCUT2D eigenvalue weighted by Gasteiger charge is 2.65. The number of carboxylic acids is 1. The number of aromatic nitrogens is 6. The Morgan fingerprint density at radius 1 is 0.883 bits per heavy atom. The number of aromatic carboxylic acids is 1. The predicted octanol–water partition coefficient (Wildman–Crippen LogP) is 6.10. The Labute approximate surface area is 375 Å².